The number of rotatable bonds is 7. The molecule has 2 aliphatic rings. The Morgan fingerprint density at radius 3 is 2.27 bits per heavy atom. The zero-order valence-electron chi connectivity index (χ0n) is 18.3. The molecule has 0 saturated carbocycles. The van der Waals surface area contributed by atoms with Gasteiger partial charge in [0, 0.05) is 19.5 Å². The Morgan fingerprint density at radius 1 is 0.900 bits per heavy atom. The molecular weight excluding hydrogens is 368 g/mol. The van der Waals surface area contributed by atoms with Crippen LogP contribution >= 0.6 is 0 Å². The molecule has 0 bridgehead atoms. The Kier molecular flexibility index (Phi) is 7.58. The minimum absolute atomic E-state index is 0.246. The third kappa shape index (κ3) is 5.95. The first kappa shape index (κ1) is 21.1. The van der Waals surface area contributed by atoms with Crippen LogP contribution < -0.4 is 4.90 Å². The summed E-state index contributed by atoms with van der Waals surface area (Å²) in [7, 11) is 0. The summed E-state index contributed by atoms with van der Waals surface area (Å²) in [4.78, 5) is 17.0. The lowest BCUT2D eigenvalue weighted by atomic mass is 9.89. The number of amides is 1. The fourth-order valence-corrected chi connectivity index (χ4v) is 5.34. The predicted octanol–water partition coefficient (Wildman–Crippen LogP) is 3.40. The number of hydrogen-bond acceptors (Lipinski definition) is 1. The van der Waals surface area contributed by atoms with Crippen molar-refractivity contribution in [1.29, 1.82) is 0 Å². The van der Waals surface area contributed by atoms with Crippen molar-refractivity contribution in [3.8, 4) is 0 Å². The van der Waals surface area contributed by atoms with Crippen molar-refractivity contribution < 1.29 is 9.69 Å². The van der Waals surface area contributed by atoms with Crippen LogP contribution in [0.25, 0.3) is 0 Å². The van der Waals surface area contributed by atoms with Gasteiger partial charge in [0.1, 0.15) is 0 Å². The highest BCUT2D eigenvalue weighted by Crippen LogP contribution is 2.23. The van der Waals surface area contributed by atoms with Crippen molar-refractivity contribution >= 4 is 5.91 Å². The first-order valence-corrected chi connectivity index (χ1v) is 12.0. The highest BCUT2D eigenvalue weighted by atomic mass is 16.2. The quantitative estimate of drug-likeness (QED) is 0.750. The van der Waals surface area contributed by atoms with E-state index in [2.05, 4.69) is 65.6 Å². The summed E-state index contributed by atoms with van der Waals surface area (Å²) in [6.07, 6.45) is 8.11. The molecule has 2 fully saturated rings. The van der Waals surface area contributed by atoms with Crippen LogP contribution in [0, 0.1) is 11.8 Å². The number of benzene rings is 2. The predicted molar refractivity (Wildman–Crippen MR) is 123 cm³/mol. The molecule has 0 radical (unpaired) electrons. The Balaban J connectivity index is 1.19. The number of hydrogen-bond donors (Lipinski definition) is 1. The Morgan fingerprint density at radius 2 is 1.57 bits per heavy atom. The molecule has 1 unspecified atom stereocenters. The van der Waals surface area contributed by atoms with Gasteiger partial charge in [0.15, 0.2) is 0 Å². The molecule has 160 valence electrons. The molecule has 2 aromatic rings. The van der Waals surface area contributed by atoms with Gasteiger partial charge in [0.2, 0.25) is 5.91 Å². The summed E-state index contributed by atoms with van der Waals surface area (Å²) in [5, 5.41) is 0. The van der Waals surface area contributed by atoms with Gasteiger partial charge < -0.3 is 9.80 Å². The van der Waals surface area contributed by atoms with E-state index in [-0.39, 0.29) is 5.92 Å². The molecule has 30 heavy (non-hydrogen) atoms. The average molecular weight is 406 g/mol. The standard InChI is InChI=1S/C27H36N2O/c30-27(29-19-15-25(16-20-29)21-24-11-5-2-6-12-24)26-14-8-18-28(22-26)17-7-13-23-9-3-1-4-10-23/h1-6,9-12,25-26H,7-8,13-22H2/p+1/t26-/m1/s1. The molecule has 2 saturated heterocycles. The zero-order chi connectivity index (χ0) is 20.6. The summed E-state index contributed by atoms with van der Waals surface area (Å²) >= 11 is 0. The second kappa shape index (κ2) is 10.8. The van der Waals surface area contributed by atoms with Gasteiger partial charge in [0.25, 0.3) is 0 Å². The summed E-state index contributed by atoms with van der Waals surface area (Å²) in [6.45, 7) is 5.37. The number of likely N-dealkylation sites (tertiary alicyclic amines) is 2. The van der Waals surface area contributed by atoms with Gasteiger partial charge in [-0.1, -0.05) is 60.7 Å². The van der Waals surface area contributed by atoms with Gasteiger partial charge in [-0.15, -0.1) is 0 Å². The Bertz CT molecular complexity index is 768. The van der Waals surface area contributed by atoms with Crippen molar-refractivity contribution in [2.24, 2.45) is 11.8 Å². The number of quaternary nitrogens is 1. The SMILES string of the molecule is O=C([C@@H]1CCC[NH+](CCCc2ccccc2)C1)N1CCC(Cc2ccccc2)CC1. The van der Waals surface area contributed by atoms with Crippen LogP contribution in [0.2, 0.25) is 0 Å². The molecule has 1 amide bonds. The number of piperidine rings is 2. The highest BCUT2D eigenvalue weighted by molar-refractivity contribution is 5.79. The molecule has 1 N–H and O–H groups in total. The molecule has 0 aliphatic carbocycles. The van der Waals surface area contributed by atoms with Crippen LogP contribution in [0.3, 0.4) is 0 Å². The van der Waals surface area contributed by atoms with Gasteiger partial charge in [-0.25, -0.2) is 0 Å². The smallest absolute Gasteiger partial charge is 0.231 e. The monoisotopic (exact) mass is 405 g/mol. The van der Waals surface area contributed by atoms with Gasteiger partial charge in [-0.3, -0.25) is 4.79 Å². The lowest BCUT2D eigenvalue weighted by molar-refractivity contribution is -0.907. The fourth-order valence-electron chi connectivity index (χ4n) is 5.34. The van der Waals surface area contributed by atoms with Crippen molar-refractivity contribution in [1.82, 2.24) is 4.90 Å². The lowest BCUT2D eigenvalue weighted by Crippen LogP contribution is -3.13. The molecule has 2 aliphatic heterocycles. The van der Waals surface area contributed by atoms with E-state index in [1.807, 2.05) is 0 Å². The molecule has 4 rings (SSSR count). The van der Waals surface area contributed by atoms with E-state index in [0.717, 1.165) is 57.7 Å². The third-order valence-electron chi connectivity index (χ3n) is 7.10. The van der Waals surface area contributed by atoms with Crippen LogP contribution in [-0.4, -0.2) is 43.5 Å². The second-order valence-corrected chi connectivity index (χ2v) is 9.34. The first-order valence-electron chi connectivity index (χ1n) is 12.0. The maximum absolute atomic E-state index is 13.2. The number of nitrogens with zero attached hydrogens (tertiary/aromatic N) is 1. The second-order valence-electron chi connectivity index (χ2n) is 9.34. The summed E-state index contributed by atoms with van der Waals surface area (Å²) < 4.78 is 0. The lowest BCUT2D eigenvalue weighted by Gasteiger charge is -2.36. The van der Waals surface area contributed by atoms with Crippen molar-refractivity contribution in [3.05, 3.63) is 71.8 Å². The fraction of sp³-hybridized carbons (Fsp3) is 0.519. The highest BCUT2D eigenvalue weighted by Gasteiger charge is 2.33. The van der Waals surface area contributed by atoms with E-state index in [4.69, 9.17) is 0 Å². The largest absolute Gasteiger partial charge is 0.342 e. The van der Waals surface area contributed by atoms with Gasteiger partial charge in [0.05, 0.1) is 25.6 Å². The van der Waals surface area contributed by atoms with E-state index < -0.39 is 0 Å². The van der Waals surface area contributed by atoms with Gasteiger partial charge in [-0.05, 0) is 55.6 Å². The maximum atomic E-state index is 13.2. The normalized spacial score (nSPS) is 22.7. The van der Waals surface area contributed by atoms with E-state index in [1.54, 1.807) is 4.90 Å². The minimum Gasteiger partial charge on any atom is -0.342 e. The van der Waals surface area contributed by atoms with Crippen molar-refractivity contribution in [3.63, 3.8) is 0 Å². The van der Waals surface area contributed by atoms with Crippen molar-refractivity contribution in [2.45, 2.75) is 44.9 Å². The van der Waals surface area contributed by atoms with E-state index in [0.29, 0.717) is 5.91 Å². The molecule has 2 heterocycles. The van der Waals surface area contributed by atoms with Gasteiger partial charge in [-0.2, -0.15) is 0 Å². The minimum atomic E-state index is 0.246. The number of carbonyl (C=O) groups excluding carboxylic acids is 1. The van der Waals surface area contributed by atoms with E-state index >= 15 is 0 Å². The van der Waals surface area contributed by atoms with Crippen LogP contribution in [-0.2, 0) is 17.6 Å². The van der Waals surface area contributed by atoms with E-state index in [1.165, 1.54) is 37.1 Å². The maximum Gasteiger partial charge on any atom is 0.231 e. The topological polar surface area (TPSA) is 24.8 Å². The number of carbonyl (C=O) groups is 1. The van der Waals surface area contributed by atoms with Crippen LogP contribution in [0.1, 0.15) is 43.2 Å². The summed E-state index contributed by atoms with van der Waals surface area (Å²) in [5.74, 6) is 1.41. The third-order valence-corrected chi connectivity index (χ3v) is 7.10. The Hall–Kier alpha value is -2.13. The molecular formula is C27H37N2O+. The Labute approximate surface area is 182 Å². The average Bonchev–Trinajstić information content (AvgIpc) is 2.81. The zero-order valence-corrected chi connectivity index (χ0v) is 18.3. The molecule has 0 aromatic heterocycles. The molecule has 2 atom stereocenters. The van der Waals surface area contributed by atoms with E-state index in [9.17, 15) is 4.79 Å². The molecule has 3 heteroatoms. The molecule has 0 spiro atoms. The van der Waals surface area contributed by atoms with Gasteiger partial charge >= 0.3 is 0 Å². The number of aryl methyl sites for hydroxylation is 1. The number of nitrogens with one attached hydrogen (secondary N) is 1. The molecule has 3 nitrogen and oxygen atoms in total. The van der Waals surface area contributed by atoms with Crippen LogP contribution in [0.5, 0.6) is 0 Å². The van der Waals surface area contributed by atoms with Crippen LogP contribution in [0.4, 0.5) is 0 Å². The molecule has 2 aromatic carbocycles. The van der Waals surface area contributed by atoms with Crippen LogP contribution in [0.15, 0.2) is 60.7 Å². The first-order chi connectivity index (χ1) is 14.8. The summed E-state index contributed by atoms with van der Waals surface area (Å²) in [6, 6.07) is 21.6. The summed E-state index contributed by atoms with van der Waals surface area (Å²) in [5.41, 5.74) is 2.87. The van der Waals surface area contributed by atoms with Crippen molar-refractivity contribution in [2.75, 3.05) is 32.7 Å².